The minimum absolute atomic E-state index is 0.287. The van der Waals surface area contributed by atoms with Gasteiger partial charge in [-0.05, 0) is 35.4 Å². The highest BCUT2D eigenvalue weighted by molar-refractivity contribution is 6.09. The second-order valence-corrected chi connectivity index (χ2v) is 7.87. The number of aliphatic hydroxyl groups excluding tert-OH is 1. The topological polar surface area (TPSA) is 87.2 Å². The molecule has 6 heteroatoms. The van der Waals surface area contributed by atoms with Gasteiger partial charge in [-0.3, -0.25) is 4.79 Å². The van der Waals surface area contributed by atoms with Gasteiger partial charge < -0.3 is 20.1 Å². The SMILES string of the molecule is COc1ccc(C(O)C(NC(=O)c2cc3c(cn2)[nH]c2ccccc23)c2ccccc2)cc1. The average Bonchev–Trinajstić information content (AvgIpc) is 3.25. The number of ether oxygens (including phenoxy) is 1. The monoisotopic (exact) mass is 437 g/mol. The fourth-order valence-corrected chi connectivity index (χ4v) is 4.09. The fraction of sp³-hybridized carbons (Fsp3) is 0.111. The number of methoxy groups -OCH3 is 1. The van der Waals surface area contributed by atoms with Gasteiger partial charge in [0.15, 0.2) is 0 Å². The lowest BCUT2D eigenvalue weighted by molar-refractivity contribution is 0.0827. The molecule has 0 aliphatic heterocycles. The van der Waals surface area contributed by atoms with Gasteiger partial charge in [0.2, 0.25) is 0 Å². The molecule has 3 aromatic carbocycles. The van der Waals surface area contributed by atoms with Crippen LogP contribution in [-0.4, -0.2) is 28.1 Å². The number of pyridine rings is 1. The van der Waals surface area contributed by atoms with E-state index in [4.69, 9.17) is 4.74 Å². The molecule has 0 radical (unpaired) electrons. The lowest BCUT2D eigenvalue weighted by Crippen LogP contribution is -2.33. The van der Waals surface area contributed by atoms with Crippen LogP contribution in [0.1, 0.15) is 33.8 Å². The van der Waals surface area contributed by atoms with Gasteiger partial charge in [0.25, 0.3) is 5.91 Å². The summed E-state index contributed by atoms with van der Waals surface area (Å²) in [5.41, 5.74) is 3.61. The molecule has 0 saturated heterocycles. The molecule has 0 saturated carbocycles. The number of para-hydroxylation sites is 1. The highest BCUT2D eigenvalue weighted by atomic mass is 16.5. The van der Waals surface area contributed by atoms with Gasteiger partial charge in [0.1, 0.15) is 17.5 Å². The summed E-state index contributed by atoms with van der Waals surface area (Å²) in [6, 6.07) is 25.6. The standard InChI is InChI=1S/C27H23N3O3/c1-33-19-13-11-18(12-14-19)26(31)25(17-7-3-2-4-8-17)30-27(32)23-15-21-20-9-5-6-10-22(20)29-24(21)16-28-23/h2-16,25-26,29,31H,1H3,(H,30,32). The number of hydrogen-bond donors (Lipinski definition) is 3. The van der Waals surface area contributed by atoms with Crippen LogP contribution < -0.4 is 10.1 Å². The summed E-state index contributed by atoms with van der Waals surface area (Å²) >= 11 is 0. The number of fused-ring (bicyclic) bond motifs is 3. The van der Waals surface area contributed by atoms with Gasteiger partial charge in [0, 0.05) is 16.3 Å². The first-order chi connectivity index (χ1) is 16.1. The molecule has 164 valence electrons. The summed E-state index contributed by atoms with van der Waals surface area (Å²) in [5, 5.41) is 16.1. The van der Waals surface area contributed by atoms with Crippen molar-refractivity contribution in [1.29, 1.82) is 0 Å². The number of rotatable bonds is 6. The molecule has 5 aromatic rings. The van der Waals surface area contributed by atoms with Crippen LogP contribution in [0.25, 0.3) is 21.8 Å². The maximum atomic E-state index is 13.3. The van der Waals surface area contributed by atoms with E-state index in [-0.39, 0.29) is 11.6 Å². The first-order valence-electron chi connectivity index (χ1n) is 10.7. The number of H-pyrrole nitrogens is 1. The third-order valence-electron chi connectivity index (χ3n) is 5.84. The zero-order valence-corrected chi connectivity index (χ0v) is 18.0. The number of aromatic amines is 1. The van der Waals surface area contributed by atoms with Crippen molar-refractivity contribution >= 4 is 27.7 Å². The first-order valence-corrected chi connectivity index (χ1v) is 10.7. The Morgan fingerprint density at radius 1 is 0.909 bits per heavy atom. The number of aliphatic hydroxyl groups is 1. The molecule has 0 aliphatic rings. The lowest BCUT2D eigenvalue weighted by Gasteiger charge is -2.25. The number of aromatic nitrogens is 2. The van der Waals surface area contributed by atoms with Crippen LogP contribution in [0.5, 0.6) is 5.75 Å². The summed E-state index contributed by atoms with van der Waals surface area (Å²) in [7, 11) is 1.59. The van der Waals surface area contributed by atoms with Crippen molar-refractivity contribution in [2.75, 3.05) is 7.11 Å². The Bertz CT molecular complexity index is 1410. The molecule has 2 aromatic heterocycles. The van der Waals surface area contributed by atoms with E-state index in [9.17, 15) is 9.90 Å². The maximum Gasteiger partial charge on any atom is 0.270 e. The summed E-state index contributed by atoms with van der Waals surface area (Å²) in [6.45, 7) is 0. The van der Waals surface area contributed by atoms with Crippen LogP contribution in [-0.2, 0) is 0 Å². The van der Waals surface area contributed by atoms with Gasteiger partial charge >= 0.3 is 0 Å². The van der Waals surface area contributed by atoms with Crippen molar-refractivity contribution < 1.29 is 14.6 Å². The van der Waals surface area contributed by atoms with E-state index in [2.05, 4.69) is 15.3 Å². The van der Waals surface area contributed by atoms with Crippen molar-refractivity contribution in [3.05, 3.63) is 108 Å². The molecule has 2 unspecified atom stereocenters. The largest absolute Gasteiger partial charge is 0.497 e. The third-order valence-corrected chi connectivity index (χ3v) is 5.84. The molecule has 0 fully saturated rings. The van der Waals surface area contributed by atoms with Crippen molar-refractivity contribution in [3.63, 3.8) is 0 Å². The molecule has 0 bridgehead atoms. The normalized spacial score (nSPS) is 13.0. The predicted octanol–water partition coefficient (Wildman–Crippen LogP) is 4.93. The molecule has 2 atom stereocenters. The number of hydrogen-bond acceptors (Lipinski definition) is 4. The highest BCUT2D eigenvalue weighted by Crippen LogP contribution is 2.31. The number of amides is 1. The van der Waals surface area contributed by atoms with Crippen molar-refractivity contribution in [3.8, 4) is 5.75 Å². The zero-order valence-electron chi connectivity index (χ0n) is 18.0. The van der Waals surface area contributed by atoms with Crippen molar-refractivity contribution in [2.45, 2.75) is 12.1 Å². The predicted molar refractivity (Wildman–Crippen MR) is 128 cm³/mol. The van der Waals surface area contributed by atoms with Crippen molar-refractivity contribution in [1.82, 2.24) is 15.3 Å². The van der Waals surface area contributed by atoms with Crippen LogP contribution >= 0.6 is 0 Å². The molecule has 6 nitrogen and oxygen atoms in total. The number of carbonyl (C=O) groups excluding carboxylic acids is 1. The fourth-order valence-electron chi connectivity index (χ4n) is 4.09. The molecular formula is C27H23N3O3. The summed E-state index contributed by atoms with van der Waals surface area (Å²) in [4.78, 5) is 20.9. The Balaban J connectivity index is 1.48. The summed E-state index contributed by atoms with van der Waals surface area (Å²) in [5.74, 6) is 0.339. The minimum Gasteiger partial charge on any atom is -0.497 e. The van der Waals surface area contributed by atoms with Crippen molar-refractivity contribution in [2.24, 2.45) is 0 Å². The van der Waals surface area contributed by atoms with E-state index < -0.39 is 12.1 Å². The van der Waals surface area contributed by atoms with E-state index in [1.807, 2.05) is 54.6 Å². The van der Waals surface area contributed by atoms with Crippen LogP contribution in [0.3, 0.4) is 0 Å². The minimum atomic E-state index is -0.959. The molecule has 5 rings (SSSR count). The Labute approximate surface area is 190 Å². The number of nitrogens with zero attached hydrogens (tertiary/aromatic N) is 1. The van der Waals surface area contributed by atoms with Crippen LogP contribution in [0.2, 0.25) is 0 Å². The van der Waals surface area contributed by atoms with E-state index in [1.54, 1.807) is 43.6 Å². The molecule has 1 amide bonds. The second kappa shape index (κ2) is 8.76. The van der Waals surface area contributed by atoms with Gasteiger partial charge in [-0.25, -0.2) is 4.98 Å². The van der Waals surface area contributed by atoms with Crippen LogP contribution in [0.15, 0.2) is 91.1 Å². The summed E-state index contributed by atoms with van der Waals surface area (Å²) in [6.07, 6.45) is 0.709. The maximum absolute atomic E-state index is 13.3. The molecule has 33 heavy (non-hydrogen) atoms. The first kappa shape index (κ1) is 20.7. The second-order valence-electron chi connectivity index (χ2n) is 7.87. The quantitative estimate of drug-likeness (QED) is 0.352. The van der Waals surface area contributed by atoms with Crippen LogP contribution in [0.4, 0.5) is 0 Å². The molecular weight excluding hydrogens is 414 g/mol. The van der Waals surface area contributed by atoms with E-state index in [0.29, 0.717) is 11.3 Å². The molecule has 0 spiro atoms. The molecule has 2 heterocycles. The third kappa shape index (κ3) is 4.04. The van der Waals surface area contributed by atoms with Gasteiger partial charge in [-0.15, -0.1) is 0 Å². The summed E-state index contributed by atoms with van der Waals surface area (Å²) < 4.78 is 5.21. The Kier molecular flexibility index (Phi) is 5.50. The number of nitrogens with one attached hydrogen (secondary N) is 2. The smallest absolute Gasteiger partial charge is 0.270 e. The van der Waals surface area contributed by atoms with Gasteiger partial charge in [-0.2, -0.15) is 0 Å². The van der Waals surface area contributed by atoms with E-state index in [0.717, 1.165) is 27.4 Å². The lowest BCUT2D eigenvalue weighted by atomic mass is 9.95. The molecule has 0 aliphatic carbocycles. The van der Waals surface area contributed by atoms with E-state index in [1.165, 1.54) is 0 Å². The molecule has 3 N–H and O–H groups in total. The van der Waals surface area contributed by atoms with Gasteiger partial charge in [0.05, 0.1) is 24.9 Å². The number of benzene rings is 3. The highest BCUT2D eigenvalue weighted by Gasteiger charge is 2.26. The van der Waals surface area contributed by atoms with E-state index >= 15 is 0 Å². The Morgan fingerprint density at radius 3 is 2.39 bits per heavy atom. The van der Waals surface area contributed by atoms with Gasteiger partial charge in [-0.1, -0.05) is 60.7 Å². The Morgan fingerprint density at radius 2 is 1.64 bits per heavy atom. The number of carbonyl (C=O) groups is 1. The zero-order chi connectivity index (χ0) is 22.8. The van der Waals surface area contributed by atoms with Crippen LogP contribution in [0, 0.1) is 0 Å². The average molecular weight is 437 g/mol. The Hall–Kier alpha value is -4.16.